The van der Waals surface area contributed by atoms with Gasteiger partial charge in [-0.25, -0.2) is 9.78 Å². The standard InChI is InChI=1S/C23H28F3N5O2/c1-4-5-11-30-20-19(21(32)28-22(30)33)29(3)18(27-20)13-31(17-9-10-17)14(2)15-7-6-8-16(12-15)23(24,25)26/h6-8,12,14,17H,4-5,9-11,13H2,1-3H3,(H,28,32,33). The van der Waals surface area contributed by atoms with Crippen LogP contribution in [0.4, 0.5) is 13.2 Å². The van der Waals surface area contributed by atoms with Gasteiger partial charge in [-0.2, -0.15) is 13.2 Å². The molecule has 0 amide bonds. The molecule has 3 aromatic rings. The minimum atomic E-state index is -4.40. The van der Waals surface area contributed by atoms with Crippen LogP contribution in [0, 0.1) is 0 Å². The first kappa shape index (κ1) is 23.3. The van der Waals surface area contributed by atoms with Crippen molar-refractivity contribution in [3.05, 3.63) is 62.1 Å². The molecule has 10 heteroatoms. The molecule has 0 saturated heterocycles. The van der Waals surface area contributed by atoms with Crippen LogP contribution in [0.3, 0.4) is 0 Å². The van der Waals surface area contributed by atoms with Crippen molar-refractivity contribution in [2.45, 2.75) is 70.9 Å². The van der Waals surface area contributed by atoms with E-state index in [4.69, 9.17) is 0 Å². The number of nitrogens with zero attached hydrogens (tertiary/aromatic N) is 4. The van der Waals surface area contributed by atoms with Crippen molar-refractivity contribution in [3.8, 4) is 0 Å². The number of alkyl halides is 3. The number of halogens is 3. The molecule has 7 nitrogen and oxygen atoms in total. The number of benzene rings is 1. The van der Waals surface area contributed by atoms with E-state index in [9.17, 15) is 22.8 Å². The van der Waals surface area contributed by atoms with Gasteiger partial charge in [-0.05, 0) is 43.9 Å². The van der Waals surface area contributed by atoms with E-state index in [0.29, 0.717) is 35.6 Å². The molecule has 1 aliphatic carbocycles. The maximum absolute atomic E-state index is 13.2. The molecule has 0 bridgehead atoms. The van der Waals surface area contributed by atoms with Gasteiger partial charge in [0.05, 0.1) is 12.1 Å². The molecule has 0 aliphatic heterocycles. The molecule has 1 aromatic carbocycles. The lowest BCUT2D eigenvalue weighted by atomic mass is 10.0. The van der Waals surface area contributed by atoms with Gasteiger partial charge >= 0.3 is 11.9 Å². The molecule has 0 spiro atoms. The molecule has 1 atom stereocenters. The predicted molar refractivity (Wildman–Crippen MR) is 119 cm³/mol. The fourth-order valence-corrected chi connectivity index (χ4v) is 4.27. The average molecular weight is 464 g/mol. The Kier molecular flexibility index (Phi) is 6.22. The van der Waals surface area contributed by atoms with Crippen LogP contribution < -0.4 is 11.2 Å². The Bertz CT molecular complexity index is 1270. The van der Waals surface area contributed by atoms with Gasteiger partial charge in [0.25, 0.3) is 5.56 Å². The molecule has 1 N–H and O–H groups in total. The summed E-state index contributed by atoms with van der Waals surface area (Å²) in [5.41, 5.74) is -0.403. The van der Waals surface area contributed by atoms with Crippen molar-refractivity contribution in [1.29, 1.82) is 0 Å². The fraction of sp³-hybridized carbons (Fsp3) is 0.522. The van der Waals surface area contributed by atoms with Crippen LogP contribution in [0.2, 0.25) is 0 Å². The zero-order chi connectivity index (χ0) is 23.9. The molecule has 33 heavy (non-hydrogen) atoms. The third-order valence-electron chi connectivity index (χ3n) is 6.37. The van der Waals surface area contributed by atoms with Gasteiger partial charge in [-0.3, -0.25) is 19.2 Å². The van der Waals surface area contributed by atoms with Crippen LogP contribution in [0.5, 0.6) is 0 Å². The summed E-state index contributed by atoms with van der Waals surface area (Å²) in [6.45, 7) is 4.71. The van der Waals surface area contributed by atoms with Crippen LogP contribution in [-0.2, 0) is 26.3 Å². The van der Waals surface area contributed by atoms with Gasteiger partial charge in [-0.15, -0.1) is 0 Å². The lowest BCUT2D eigenvalue weighted by molar-refractivity contribution is -0.137. The smallest absolute Gasteiger partial charge is 0.324 e. The zero-order valence-electron chi connectivity index (χ0n) is 18.9. The van der Waals surface area contributed by atoms with E-state index >= 15 is 0 Å². The largest absolute Gasteiger partial charge is 0.416 e. The minimum absolute atomic E-state index is 0.231. The summed E-state index contributed by atoms with van der Waals surface area (Å²) < 4.78 is 42.9. The third kappa shape index (κ3) is 4.62. The first-order chi connectivity index (χ1) is 15.6. The van der Waals surface area contributed by atoms with E-state index in [1.54, 1.807) is 17.7 Å². The summed E-state index contributed by atoms with van der Waals surface area (Å²) in [5, 5.41) is 0. The summed E-state index contributed by atoms with van der Waals surface area (Å²) in [6, 6.07) is 5.36. The maximum atomic E-state index is 13.2. The molecule has 1 saturated carbocycles. The van der Waals surface area contributed by atoms with Crippen molar-refractivity contribution in [2.75, 3.05) is 0 Å². The monoisotopic (exact) mass is 463 g/mol. The van der Waals surface area contributed by atoms with Gasteiger partial charge in [0.15, 0.2) is 11.2 Å². The Hall–Kier alpha value is -2.88. The number of hydrogen-bond acceptors (Lipinski definition) is 4. The molecule has 0 radical (unpaired) electrons. The van der Waals surface area contributed by atoms with E-state index in [1.807, 2.05) is 13.8 Å². The second-order valence-corrected chi connectivity index (χ2v) is 8.73. The number of unbranched alkanes of at least 4 members (excludes halogenated alkanes) is 1. The number of nitrogens with one attached hydrogen (secondary N) is 1. The summed E-state index contributed by atoms with van der Waals surface area (Å²) in [6.07, 6.45) is -0.838. The number of hydrogen-bond donors (Lipinski definition) is 1. The Morgan fingerprint density at radius 3 is 2.64 bits per heavy atom. The summed E-state index contributed by atoms with van der Waals surface area (Å²) in [5.74, 6) is 0.595. The topological polar surface area (TPSA) is 75.9 Å². The number of imidazole rings is 1. The number of aromatic nitrogens is 4. The molecule has 1 aliphatic rings. The number of aryl methyl sites for hydroxylation is 2. The second-order valence-electron chi connectivity index (χ2n) is 8.73. The summed E-state index contributed by atoms with van der Waals surface area (Å²) in [7, 11) is 1.73. The number of H-pyrrole nitrogens is 1. The van der Waals surface area contributed by atoms with Crippen LogP contribution >= 0.6 is 0 Å². The lowest BCUT2D eigenvalue weighted by Gasteiger charge is -2.29. The highest BCUT2D eigenvalue weighted by Crippen LogP contribution is 2.37. The number of fused-ring (bicyclic) bond motifs is 1. The van der Waals surface area contributed by atoms with Crippen LogP contribution in [-0.4, -0.2) is 30.0 Å². The molecule has 178 valence electrons. The highest BCUT2D eigenvalue weighted by atomic mass is 19.4. The van der Waals surface area contributed by atoms with Crippen molar-refractivity contribution in [3.63, 3.8) is 0 Å². The zero-order valence-corrected chi connectivity index (χ0v) is 18.9. The molecular formula is C23H28F3N5O2. The Morgan fingerprint density at radius 2 is 2.00 bits per heavy atom. The number of rotatable bonds is 8. The van der Waals surface area contributed by atoms with Crippen molar-refractivity contribution in [2.24, 2.45) is 7.05 Å². The molecule has 4 rings (SSSR count). The lowest BCUT2D eigenvalue weighted by Crippen LogP contribution is -2.31. The first-order valence-electron chi connectivity index (χ1n) is 11.2. The normalized spacial score (nSPS) is 15.5. The summed E-state index contributed by atoms with van der Waals surface area (Å²) >= 11 is 0. The fourth-order valence-electron chi connectivity index (χ4n) is 4.27. The van der Waals surface area contributed by atoms with E-state index in [-0.39, 0.29) is 12.1 Å². The van der Waals surface area contributed by atoms with Crippen LogP contribution in [0.25, 0.3) is 11.2 Å². The molecular weight excluding hydrogens is 435 g/mol. The Balaban J connectivity index is 1.71. The molecule has 2 aromatic heterocycles. The number of aromatic amines is 1. The van der Waals surface area contributed by atoms with E-state index in [1.165, 1.54) is 16.7 Å². The van der Waals surface area contributed by atoms with Gasteiger partial charge in [0.2, 0.25) is 0 Å². The van der Waals surface area contributed by atoms with Crippen LogP contribution in [0.15, 0.2) is 33.9 Å². The van der Waals surface area contributed by atoms with Gasteiger partial charge < -0.3 is 4.57 Å². The molecule has 1 unspecified atom stereocenters. The Labute approximate surface area is 188 Å². The van der Waals surface area contributed by atoms with Crippen molar-refractivity contribution in [1.82, 2.24) is 24.0 Å². The Morgan fingerprint density at radius 1 is 1.27 bits per heavy atom. The maximum Gasteiger partial charge on any atom is 0.416 e. The second kappa shape index (κ2) is 8.81. The quantitative estimate of drug-likeness (QED) is 0.549. The van der Waals surface area contributed by atoms with E-state index < -0.39 is 23.0 Å². The van der Waals surface area contributed by atoms with Crippen LogP contribution in [0.1, 0.15) is 62.5 Å². The van der Waals surface area contributed by atoms with Gasteiger partial charge in [0, 0.05) is 25.7 Å². The highest BCUT2D eigenvalue weighted by Gasteiger charge is 2.35. The summed E-state index contributed by atoms with van der Waals surface area (Å²) in [4.78, 5) is 34.1. The van der Waals surface area contributed by atoms with Crippen molar-refractivity contribution < 1.29 is 13.2 Å². The molecule has 1 fully saturated rings. The SMILES string of the molecule is CCCCn1c(=O)[nH]c(=O)c2c1nc(CN(C1CC1)C(C)c1cccc(C(F)(F)F)c1)n2C. The predicted octanol–water partition coefficient (Wildman–Crippen LogP) is 3.97. The van der Waals surface area contributed by atoms with Gasteiger partial charge in [0.1, 0.15) is 5.82 Å². The average Bonchev–Trinajstić information content (AvgIpc) is 3.55. The minimum Gasteiger partial charge on any atom is -0.324 e. The molecule has 2 heterocycles. The van der Waals surface area contributed by atoms with E-state index in [0.717, 1.165) is 31.7 Å². The third-order valence-corrected chi connectivity index (χ3v) is 6.37. The highest BCUT2D eigenvalue weighted by molar-refractivity contribution is 5.70. The van der Waals surface area contributed by atoms with Gasteiger partial charge in [-0.1, -0.05) is 25.5 Å². The first-order valence-corrected chi connectivity index (χ1v) is 11.2. The van der Waals surface area contributed by atoms with E-state index in [2.05, 4.69) is 14.9 Å². The van der Waals surface area contributed by atoms with Crippen molar-refractivity contribution >= 4 is 11.2 Å².